The van der Waals surface area contributed by atoms with Crippen molar-refractivity contribution in [1.29, 1.82) is 0 Å². The number of H-pyrrole nitrogens is 1. The lowest BCUT2D eigenvalue weighted by atomic mass is 10.4. The number of nitrogens with one attached hydrogen (secondary N) is 1. The van der Waals surface area contributed by atoms with Gasteiger partial charge in [0, 0.05) is 19.5 Å². The molecule has 0 aliphatic carbocycles. The van der Waals surface area contributed by atoms with E-state index in [9.17, 15) is 0 Å². The molecule has 10 heavy (non-hydrogen) atoms. The van der Waals surface area contributed by atoms with Crippen molar-refractivity contribution in [2.24, 2.45) is 0 Å². The highest BCUT2D eigenvalue weighted by Crippen LogP contribution is 2.06. The van der Waals surface area contributed by atoms with Crippen molar-refractivity contribution in [2.45, 2.75) is 6.92 Å². The minimum atomic E-state index is 0. The van der Waals surface area contributed by atoms with Gasteiger partial charge in [0.15, 0.2) is 5.65 Å². The SMILES string of the molecule is Cc1cc2nccnc2[nH]1.[HH]. The van der Waals surface area contributed by atoms with Crippen LogP contribution in [-0.4, -0.2) is 15.0 Å². The number of fused-ring (bicyclic) bond motifs is 1. The van der Waals surface area contributed by atoms with E-state index < -0.39 is 0 Å². The second kappa shape index (κ2) is 1.80. The molecular weight excluding hydrogens is 126 g/mol. The highest BCUT2D eigenvalue weighted by Gasteiger charge is 1.95. The van der Waals surface area contributed by atoms with Gasteiger partial charge in [-0.1, -0.05) is 0 Å². The summed E-state index contributed by atoms with van der Waals surface area (Å²) in [5.41, 5.74) is 2.89. The standard InChI is InChI=1S/C7H7N3.H2/c1-5-4-6-7(10-5)9-3-2-8-6;/h2-4H,1H3,(H,9,10);1H. The predicted octanol–water partition coefficient (Wildman–Crippen LogP) is 1.51. The predicted molar refractivity (Wildman–Crippen MR) is 40.7 cm³/mol. The van der Waals surface area contributed by atoms with Gasteiger partial charge in [0.1, 0.15) is 5.52 Å². The van der Waals surface area contributed by atoms with E-state index in [0.717, 1.165) is 16.9 Å². The Bertz CT molecular complexity index is 322. The first-order chi connectivity index (χ1) is 4.86. The summed E-state index contributed by atoms with van der Waals surface area (Å²) < 4.78 is 0. The molecule has 0 spiro atoms. The van der Waals surface area contributed by atoms with Crippen LogP contribution in [0.5, 0.6) is 0 Å². The quantitative estimate of drug-likeness (QED) is 0.595. The van der Waals surface area contributed by atoms with Gasteiger partial charge >= 0.3 is 0 Å². The fourth-order valence-corrected chi connectivity index (χ4v) is 0.979. The van der Waals surface area contributed by atoms with Crippen LogP contribution in [0.25, 0.3) is 11.2 Å². The van der Waals surface area contributed by atoms with Crippen LogP contribution in [0.15, 0.2) is 18.5 Å². The number of aryl methyl sites for hydroxylation is 1. The highest BCUT2D eigenvalue weighted by atomic mass is 14.9. The second-order valence-electron chi connectivity index (χ2n) is 2.24. The molecule has 0 aliphatic rings. The van der Waals surface area contributed by atoms with Gasteiger partial charge < -0.3 is 4.98 Å². The number of nitrogens with zero attached hydrogens (tertiary/aromatic N) is 2. The van der Waals surface area contributed by atoms with Gasteiger partial charge in [0.25, 0.3) is 0 Å². The van der Waals surface area contributed by atoms with Gasteiger partial charge in [-0.15, -0.1) is 0 Å². The maximum Gasteiger partial charge on any atom is 0.156 e. The lowest BCUT2D eigenvalue weighted by molar-refractivity contribution is 1.23. The molecule has 3 heteroatoms. The van der Waals surface area contributed by atoms with E-state index in [4.69, 9.17) is 0 Å². The van der Waals surface area contributed by atoms with Crippen LogP contribution in [0, 0.1) is 6.92 Å². The zero-order valence-electron chi connectivity index (χ0n) is 5.63. The monoisotopic (exact) mass is 135 g/mol. The van der Waals surface area contributed by atoms with Crippen molar-refractivity contribution in [2.75, 3.05) is 0 Å². The molecule has 52 valence electrons. The molecule has 0 amide bonds. The third kappa shape index (κ3) is 0.673. The number of hydrogen-bond acceptors (Lipinski definition) is 2. The van der Waals surface area contributed by atoms with Gasteiger partial charge in [0.2, 0.25) is 0 Å². The zero-order chi connectivity index (χ0) is 6.97. The second-order valence-corrected chi connectivity index (χ2v) is 2.24. The number of hydrogen-bond donors (Lipinski definition) is 1. The van der Waals surface area contributed by atoms with Crippen molar-refractivity contribution >= 4 is 11.2 Å². The number of aromatic nitrogens is 3. The molecule has 2 aromatic rings. The van der Waals surface area contributed by atoms with Crippen molar-refractivity contribution in [3.05, 3.63) is 24.2 Å². The molecule has 0 aliphatic heterocycles. The van der Waals surface area contributed by atoms with Crippen LogP contribution < -0.4 is 0 Å². The summed E-state index contributed by atoms with van der Waals surface area (Å²) in [6.07, 6.45) is 3.37. The van der Waals surface area contributed by atoms with Crippen molar-refractivity contribution in [3.63, 3.8) is 0 Å². The lowest BCUT2D eigenvalue weighted by Gasteiger charge is -1.82. The molecule has 0 aromatic carbocycles. The summed E-state index contributed by atoms with van der Waals surface area (Å²) in [6.45, 7) is 1.99. The summed E-state index contributed by atoms with van der Waals surface area (Å²) in [7, 11) is 0. The molecule has 2 aromatic heterocycles. The Hall–Kier alpha value is -1.38. The smallest absolute Gasteiger partial charge is 0.156 e. The van der Waals surface area contributed by atoms with Crippen LogP contribution in [0.3, 0.4) is 0 Å². The Kier molecular flexibility index (Phi) is 0.974. The molecular formula is C7H9N3. The molecule has 3 nitrogen and oxygen atoms in total. The van der Waals surface area contributed by atoms with E-state index in [2.05, 4.69) is 15.0 Å². The molecule has 2 heterocycles. The first-order valence-electron chi connectivity index (χ1n) is 3.12. The van der Waals surface area contributed by atoms with Crippen molar-refractivity contribution in [1.82, 2.24) is 15.0 Å². The van der Waals surface area contributed by atoms with E-state index in [1.165, 1.54) is 0 Å². The molecule has 1 N–H and O–H groups in total. The first-order valence-corrected chi connectivity index (χ1v) is 3.12. The summed E-state index contributed by atoms with van der Waals surface area (Å²) in [5, 5.41) is 0. The fraction of sp³-hybridized carbons (Fsp3) is 0.143. The molecule has 0 atom stereocenters. The largest absolute Gasteiger partial charge is 0.342 e. The van der Waals surface area contributed by atoms with E-state index >= 15 is 0 Å². The van der Waals surface area contributed by atoms with Crippen LogP contribution >= 0.6 is 0 Å². The van der Waals surface area contributed by atoms with E-state index in [1.807, 2.05) is 13.0 Å². The van der Waals surface area contributed by atoms with Gasteiger partial charge in [0.05, 0.1) is 0 Å². The van der Waals surface area contributed by atoms with Gasteiger partial charge in [-0.2, -0.15) is 0 Å². The third-order valence-electron chi connectivity index (χ3n) is 1.40. The Morgan fingerprint density at radius 3 is 3.00 bits per heavy atom. The van der Waals surface area contributed by atoms with Crippen LogP contribution in [0.1, 0.15) is 7.12 Å². The number of rotatable bonds is 0. The highest BCUT2D eigenvalue weighted by molar-refractivity contribution is 5.70. The average Bonchev–Trinajstić information content (AvgIpc) is 2.27. The molecule has 0 fully saturated rings. The maximum absolute atomic E-state index is 4.11. The van der Waals surface area contributed by atoms with E-state index in [0.29, 0.717) is 0 Å². The van der Waals surface area contributed by atoms with Crippen molar-refractivity contribution < 1.29 is 1.43 Å². The Balaban J connectivity index is 0.000000605. The molecule has 0 unspecified atom stereocenters. The Morgan fingerprint density at radius 2 is 2.20 bits per heavy atom. The molecule has 0 bridgehead atoms. The van der Waals surface area contributed by atoms with Crippen LogP contribution in [0.2, 0.25) is 0 Å². The average molecular weight is 135 g/mol. The lowest BCUT2D eigenvalue weighted by Crippen LogP contribution is -1.76. The summed E-state index contributed by atoms with van der Waals surface area (Å²) >= 11 is 0. The zero-order valence-corrected chi connectivity index (χ0v) is 5.63. The van der Waals surface area contributed by atoms with E-state index in [1.54, 1.807) is 12.4 Å². The van der Waals surface area contributed by atoms with Gasteiger partial charge in [-0.05, 0) is 13.0 Å². The Morgan fingerprint density at radius 1 is 1.40 bits per heavy atom. The Labute approximate surface area is 59.6 Å². The summed E-state index contributed by atoms with van der Waals surface area (Å²) in [5.74, 6) is 0. The van der Waals surface area contributed by atoms with Crippen LogP contribution in [0.4, 0.5) is 0 Å². The number of aromatic amines is 1. The third-order valence-corrected chi connectivity index (χ3v) is 1.40. The minimum absolute atomic E-state index is 0. The van der Waals surface area contributed by atoms with Gasteiger partial charge in [-0.3, -0.25) is 4.98 Å². The first kappa shape index (κ1) is 5.41. The molecule has 0 radical (unpaired) electrons. The van der Waals surface area contributed by atoms with Gasteiger partial charge in [-0.25, -0.2) is 4.98 Å². The summed E-state index contributed by atoms with van der Waals surface area (Å²) in [6, 6.07) is 1.97. The normalized spacial score (nSPS) is 10.5. The molecule has 0 saturated heterocycles. The minimum Gasteiger partial charge on any atom is -0.342 e. The van der Waals surface area contributed by atoms with Crippen LogP contribution in [-0.2, 0) is 0 Å². The molecule has 2 rings (SSSR count). The summed E-state index contributed by atoms with van der Waals surface area (Å²) in [4.78, 5) is 11.3. The molecule has 0 saturated carbocycles. The fourth-order valence-electron chi connectivity index (χ4n) is 0.979. The maximum atomic E-state index is 4.11. The topological polar surface area (TPSA) is 41.6 Å². The van der Waals surface area contributed by atoms with E-state index in [-0.39, 0.29) is 1.43 Å². The van der Waals surface area contributed by atoms with Crippen molar-refractivity contribution in [3.8, 4) is 0 Å².